The Morgan fingerprint density at radius 3 is 2.55 bits per heavy atom. The van der Waals surface area contributed by atoms with Crippen molar-refractivity contribution in [2.45, 2.75) is 40.2 Å². The summed E-state index contributed by atoms with van der Waals surface area (Å²) in [7, 11) is 0. The number of aromatic nitrogens is 2. The highest BCUT2D eigenvalue weighted by molar-refractivity contribution is 5.95. The van der Waals surface area contributed by atoms with Gasteiger partial charge in [0.25, 0.3) is 0 Å². The first-order valence-electron chi connectivity index (χ1n) is 7.16. The topological polar surface area (TPSA) is 64.1 Å². The number of ether oxygens (including phenoxy) is 1. The Morgan fingerprint density at radius 2 is 1.91 bits per heavy atom. The van der Waals surface area contributed by atoms with Crippen LogP contribution in [0, 0.1) is 13.8 Å². The highest BCUT2D eigenvalue weighted by Gasteiger charge is 2.21. The van der Waals surface area contributed by atoms with Crippen molar-refractivity contribution in [3.63, 3.8) is 0 Å². The number of hydrogen-bond donors (Lipinski definition) is 1. The molecule has 0 fully saturated rings. The number of esters is 1. The van der Waals surface area contributed by atoms with Crippen molar-refractivity contribution in [2.75, 3.05) is 5.32 Å². The minimum Gasteiger partial charge on any atom is -0.456 e. The maximum atomic E-state index is 12.3. The van der Waals surface area contributed by atoms with E-state index in [4.69, 9.17) is 4.74 Å². The number of hydrogen-bond acceptors (Lipinski definition) is 5. The van der Waals surface area contributed by atoms with E-state index in [9.17, 15) is 4.79 Å². The van der Waals surface area contributed by atoms with Gasteiger partial charge >= 0.3 is 5.97 Å². The molecule has 0 saturated carbocycles. The number of anilines is 2. The van der Waals surface area contributed by atoms with Crippen LogP contribution >= 0.6 is 0 Å². The van der Waals surface area contributed by atoms with Crippen LogP contribution in [0.25, 0.3) is 0 Å². The second kappa shape index (κ2) is 6.13. The first-order chi connectivity index (χ1) is 10.3. The SMILES string of the molecule is Cc1ccc(Nc2ncccc2C(=O)OC(C)(C)C)c(C)n1. The van der Waals surface area contributed by atoms with E-state index in [0.717, 1.165) is 17.1 Å². The molecule has 2 rings (SSSR count). The molecule has 0 aliphatic rings. The molecule has 0 spiro atoms. The zero-order valence-corrected chi connectivity index (χ0v) is 13.6. The number of nitrogens with zero attached hydrogens (tertiary/aromatic N) is 2. The van der Waals surface area contributed by atoms with E-state index in [1.807, 2.05) is 46.8 Å². The van der Waals surface area contributed by atoms with E-state index in [-0.39, 0.29) is 0 Å². The molecule has 5 heteroatoms. The number of carbonyl (C=O) groups is 1. The van der Waals surface area contributed by atoms with Crippen LogP contribution in [0.4, 0.5) is 11.5 Å². The standard InChI is InChI=1S/C17H21N3O2/c1-11-8-9-14(12(2)19-11)20-15-13(7-6-10-18-15)16(21)22-17(3,4)5/h6-10H,1-5H3,(H,18,20). The maximum absolute atomic E-state index is 12.3. The lowest BCUT2D eigenvalue weighted by Gasteiger charge is -2.20. The number of aryl methyl sites for hydroxylation is 2. The Labute approximate surface area is 130 Å². The molecule has 0 atom stereocenters. The molecule has 0 unspecified atom stereocenters. The van der Waals surface area contributed by atoms with Crippen LogP contribution in [0.5, 0.6) is 0 Å². The Hall–Kier alpha value is -2.43. The van der Waals surface area contributed by atoms with E-state index in [1.54, 1.807) is 18.3 Å². The first kappa shape index (κ1) is 15.9. The second-order valence-corrected chi connectivity index (χ2v) is 6.11. The monoisotopic (exact) mass is 299 g/mol. The minimum absolute atomic E-state index is 0.400. The van der Waals surface area contributed by atoms with Gasteiger partial charge in [-0.05, 0) is 58.9 Å². The highest BCUT2D eigenvalue weighted by Crippen LogP contribution is 2.23. The van der Waals surface area contributed by atoms with E-state index in [1.165, 1.54) is 0 Å². The van der Waals surface area contributed by atoms with Gasteiger partial charge in [-0.15, -0.1) is 0 Å². The molecule has 1 N–H and O–H groups in total. The lowest BCUT2D eigenvalue weighted by Crippen LogP contribution is -2.24. The van der Waals surface area contributed by atoms with Gasteiger partial charge in [0.15, 0.2) is 0 Å². The van der Waals surface area contributed by atoms with Gasteiger partial charge in [-0.1, -0.05) is 0 Å². The Balaban J connectivity index is 2.30. The Kier molecular flexibility index (Phi) is 4.45. The van der Waals surface area contributed by atoms with Crippen molar-refractivity contribution in [3.05, 3.63) is 47.4 Å². The molecule has 2 heterocycles. The summed E-state index contributed by atoms with van der Waals surface area (Å²) in [4.78, 5) is 20.9. The molecular formula is C17H21N3O2. The quantitative estimate of drug-likeness (QED) is 0.873. The summed E-state index contributed by atoms with van der Waals surface area (Å²) < 4.78 is 5.42. The molecule has 0 radical (unpaired) electrons. The summed E-state index contributed by atoms with van der Waals surface area (Å²) in [5.74, 6) is 0.0614. The van der Waals surface area contributed by atoms with E-state index in [2.05, 4.69) is 15.3 Å². The molecule has 116 valence electrons. The third-order valence-corrected chi connectivity index (χ3v) is 2.90. The second-order valence-electron chi connectivity index (χ2n) is 6.11. The molecule has 0 bridgehead atoms. The molecule has 0 aliphatic heterocycles. The number of nitrogens with one attached hydrogen (secondary N) is 1. The fourth-order valence-electron chi connectivity index (χ4n) is 1.95. The third-order valence-electron chi connectivity index (χ3n) is 2.90. The van der Waals surface area contributed by atoms with Crippen molar-refractivity contribution in [1.29, 1.82) is 0 Å². The third kappa shape index (κ3) is 4.04. The summed E-state index contributed by atoms with van der Waals surface area (Å²) in [6.45, 7) is 9.35. The Bertz CT molecular complexity index is 691. The minimum atomic E-state index is -0.550. The van der Waals surface area contributed by atoms with E-state index in [0.29, 0.717) is 11.4 Å². The van der Waals surface area contributed by atoms with Crippen molar-refractivity contribution in [2.24, 2.45) is 0 Å². The summed E-state index contributed by atoms with van der Waals surface area (Å²) >= 11 is 0. The zero-order chi connectivity index (χ0) is 16.3. The van der Waals surface area contributed by atoms with Crippen LogP contribution in [-0.2, 0) is 4.74 Å². The predicted molar refractivity (Wildman–Crippen MR) is 86.4 cm³/mol. The van der Waals surface area contributed by atoms with Gasteiger partial charge in [0.1, 0.15) is 17.0 Å². The maximum Gasteiger partial charge on any atom is 0.342 e. The highest BCUT2D eigenvalue weighted by atomic mass is 16.6. The lowest BCUT2D eigenvalue weighted by molar-refractivity contribution is 0.00704. The lowest BCUT2D eigenvalue weighted by atomic mass is 10.2. The van der Waals surface area contributed by atoms with Crippen LogP contribution < -0.4 is 5.32 Å². The molecular weight excluding hydrogens is 278 g/mol. The summed E-state index contributed by atoms with van der Waals surface area (Å²) in [5.41, 5.74) is 2.45. The van der Waals surface area contributed by atoms with Crippen LogP contribution in [0.15, 0.2) is 30.5 Å². The number of rotatable bonds is 3. The predicted octanol–water partition coefficient (Wildman–Crippen LogP) is 3.79. The molecule has 0 aliphatic carbocycles. The summed E-state index contributed by atoms with van der Waals surface area (Å²) in [5, 5.41) is 3.16. The summed E-state index contributed by atoms with van der Waals surface area (Å²) in [6.07, 6.45) is 1.63. The van der Waals surface area contributed by atoms with Gasteiger partial charge in [-0.3, -0.25) is 4.98 Å². The van der Waals surface area contributed by atoms with Gasteiger partial charge in [0.2, 0.25) is 0 Å². The molecule has 22 heavy (non-hydrogen) atoms. The molecule has 0 saturated heterocycles. The van der Waals surface area contributed by atoms with Crippen molar-refractivity contribution >= 4 is 17.5 Å². The fraction of sp³-hybridized carbons (Fsp3) is 0.353. The smallest absolute Gasteiger partial charge is 0.342 e. The zero-order valence-electron chi connectivity index (χ0n) is 13.6. The van der Waals surface area contributed by atoms with E-state index < -0.39 is 11.6 Å². The molecule has 2 aromatic heterocycles. The average Bonchev–Trinajstić information content (AvgIpc) is 2.40. The fourth-order valence-corrected chi connectivity index (χ4v) is 1.95. The molecule has 0 aromatic carbocycles. The van der Waals surface area contributed by atoms with Crippen molar-refractivity contribution in [1.82, 2.24) is 9.97 Å². The van der Waals surface area contributed by atoms with E-state index >= 15 is 0 Å². The van der Waals surface area contributed by atoms with Crippen LogP contribution in [0.2, 0.25) is 0 Å². The van der Waals surface area contributed by atoms with Crippen LogP contribution in [-0.4, -0.2) is 21.5 Å². The van der Waals surface area contributed by atoms with Gasteiger partial charge in [-0.25, -0.2) is 9.78 Å². The molecule has 5 nitrogen and oxygen atoms in total. The van der Waals surface area contributed by atoms with Gasteiger partial charge in [0, 0.05) is 11.9 Å². The van der Waals surface area contributed by atoms with Crippen molar-refractivity contribution in [3.8, 4) is 0 Å². The van der Waals surface area contributed by atoms with Gasteiger partial charge in [-0.2, -0.15) is 0 Å². The normalized spacial score (nSPS) is 11.1. The first-order valence-corrected chi connectivity index (χ1v) is 7.16. The van der Waals surface area contributed by atoms with Gasteiger partial charge < -0.3 is 10.1 Å². The largest absolute Gasteiger partial charge is 0.456 e. The number of carbonyl (C=O) groups excluding carboxylic acids is 1. The molecule has 0 amide bonds. The Morgan fingerprint density at radius 1 is 1.18 bits per heavy atom. The van der Waals surface area contributed by atoms with Crippen LogP contribution in [0.1, 0.15) is 42.5 Å². The van der Waals surface area contributed by atoms with Gasteiger partial charge in [0.05, 0.1) is 11.4 Å². The van der Waals surface area contributed by atoms with Crippen LogP contribution in [0.3, 0.4) is 0 Å². The average molecular weight is 299 g/mol. The number of pyridine rings is 2. The molecule has 2 aromatic rings. The summed E-state index contributed by atoms with van der Waals surface area (Å²) in [6, 6.07) is 7.24. The van der Waals surface area contributed by atoms with Crippen molar-refractivity contribution < 1.29 is 9.53 Å².